The molecule has 1 aliphatic rings. The van der Waals surface area contributed by atoms with Gasteiger partial charge in [0.25, 0.3) is 0 Å². The van der Waals surface area contributed by atoms with Crippen LogP contribution in [0.1, 0.15) is 23.1 Å². The highest BCUT2D eigenvalue weighted by molar-refractivity contribution is 6.33. The summed E-state index contributed by atoms with van der Waals surface area (Å²) >= 11 is 6.51. The van der Waals surface area contributed by atoms with Crippen molar-refractivity contribution in [3.8, 4) is 0 Å². The number of rotatable bonds is 3. The molecule has 0 fully saturated rings. The molecule has 1 heterocycles. The van der Waals surface area contributed by atoms with E-state index >= 15 is 0 Å². The fourth-order valence-corrected chi connectivity index (χ4v) is 3.35. The van der Waals surface area contributed by atoms with Crippen LogP contribution in [-0.2, 0) is 19.5 Å². The van der Waals surface area contributed by atoms with Gasteiger partial charge in [-0.25, -0.2) is 0 Å². The van der Waals surface area contributed by atoms with Gasteiger partial charge < -0.3 is 10.2 Å². The van der Waals surface area contributed by atoms with E-state index < -0.39 is 0 Å². The number of aryl methyl sites for hydroxylation is 1. The molecule has 2 nitrogen and oxygen atoms in total. The Morgan fingerprint density at radius 3 is 2.71 bits per heavy atom. The van der Waals surface area contributed by atoms with Gasteiger partial charge in [0.1, 0.15) is 0 Å². The summed E-state index contributed by atoms with van der Waals surface area (Å²) in [5, 5.41) is 4.01. The third kappa shape index (κ3) is 3.22. The average Bonchev–Trinajstić information content (AvgIpc) is 2.70. The SMILES string of the molecule is CNCc1ccc(N2CCCc3ccccc3C2)c(Cl)c1. The lowest BCUT2D eigenvalue weighted by atomic mass is 10.0. The molecule has 1 aliphatic heterocycles. The number of anilines is 1. The molecule has 0 saturated carbocycles. The molecule has 0 radical (unpaired) electrons. The molecule has 3 rings (SSSR count). The maximum absolute atomic E-state index is 6.51. The van der Waals surface area contributed by atoms with Crippen molar-refractivity contribution in [1.82, 2.24) is 5.32 Å². The van der Waals surface area contributed by atoms with Crippen LogP contribution in [0.25, 0.3) is 0 Å². The number of hydrogen-bond acceptors (Lipinski definition) is 2. The number of nitrogens with one attached hydrogen (secondary N) is 1. The molecule has 0 spiro atoms. The molecule has 0 aromatic heterocycles. The number of fused-ring (bicyclic) bond motifs is 1. The third-order valence-corrected chi connectivity index (χ3v) is 4.39. The van der Waals surface area contributed by atoms with Gasteiger partial charge in [0.2, 0.25) is 0 Å². The zero-order chi connectivity index (χ0) is 14.7. The largest absolute Gasteiger partial charge is 0.366 e. The van der Waals surface area contributed by atoms with E-state index in [0.717, 1.165) is 36.8 Å². The van der Waals surface area contributed by atoms with Crippen molar-refractivity contribution in [3.05, 3.63) is 64.2 Å². The first kappa shape index (κ1) is 14.4. The quantitative estimate of drug-likeness (QED) is 0.921. The van der Waals surface area contributed by atoms with Crippen molar-refractivity contribution in [2.24, 2.45) is 0 Å². The third-order valence-electron chi connectivity index (χ3n) is 4.09. The summed E-state index contributed by atoms with van der Waals surface area (Å²) in [6, 6.07) is 15.1. The van der Waals surface area contributed by atoms with Gasteiger partial charge >= 0.3 is 0 Å². The summed E-state index contributed by atoms with van der Waals surface area (Å²) in [5.41, 5.74) is 5.27. The molecular formula is C18H21ClN2. The Bertz CT molecular complexity index is 624. The Balaban J connectivity index is 1.87. The summed E-state index contributed by atoms with van der Waals surface area (Å²) in [4.78, 5) is 2.40. The molecule has 110 valence electrons. The second-order valence-electron chi connectivity index (χ2n) is 5.61. The molecule has 3 heteroatoms. The van der Waals surface area contributed by atoms with E-state index in [9.17, 15) is 0 Å². The summed E-state index contributed by atoms with van der Waals surface area (Å²) in [7, 11) is 1.95. The molecule has 2 aromatic rings. The van der Waals surface area contributed by atoms with E-state index in [1.54, 1.807) is 0 Å². The molecule has 0 amide bonds. The smallest absolute Gasteiger partial charge is 0.0642 e. The minimum atomic E-state index is 0.849. The van der Waals surface area contributed by atoms with Gasteiger partial charge in [-0.15, -0.1) is 0 Å². The number of hydrogen-bond donors (Lipinski definition) is 1. The molecule has 0 saturated heterocycles. The van der Waals surface area contributed by atoms with Crippen molar-refractivity contribution in [2.75, 3.05) is 18.5 Å². The van der Waals surface area contributed by atoms with Crippen molar-refractivity contribution < 1.29 is 0 Å². The maximum Gasteiger partial charge on any atom is 0.0642 e. The van der Waals surface area contributed by atoms with Crippen LogP contribution >= 0.6 is 11.6 Å². The first-order valence-corrected chi connectivity index (χ1v) is 7.90. The van der Waals surface area contributed by atoms with Gasteiger partial charge in [-0.2, -0.15) is 0 Å². The fourth-order valence-electron chi connectivity index (χ4n) is 3.03. The lowest BCUT2D eigenvalue weighted by molar-refractivity contribution is 0.765. The van der Waals surface area contributed by atoms with E-state index in [4.69, 9.17) is 11.6 Å². The Hall–Kier alpha value is -1.51. The first-order valence-electron chi connectivity index (χ1n) is 7.52. The first-order chi connectivity index (χ1) is 10.3. The molecule has 1 N–H and O–H groups in total. The summed E-state index contributed by atoms with van der Waals surface area (Å²) in [6.07, 6.45) is 2.33. The van der Waals surface area contributed by atoms with E-state index in [0.29, 0.717) is 0 Å². The van der Waals surface area contributed by atoms with E-state index in [1.807, 2.05) is 7.05 Å². The van der Waals surface area contributed by atoms with Crippen LogP contribution in [0.5, 0.6) is 0 Å². The predicted molar refractivity (Wildman–Crippen MR) is 90.0 cm³/mol. The molecular weight excluding hydrogens is 280 g/mol. The van der Waals surface area contributed by atoms with Gasteiger partial charge in [0.05, 0.1) is 10.7 Å². The highest BCUT2D eigenvalue weighted by Gasteiger charge is 2.16. The van der Waals surface area contributed by atoms with Crippen LogP contribution in [0.3, 0.4) is 0 Å². The monoisotopic (exact) mass is 300 g/mol. The van der Waals surface area contributed by atoms with Gasteiger partial charge in [0.15, 0.2) is 0 Å². The summed E-state index contributed by atoms with van der Waals surface area (Å²) < 4.78 is 0. The second-order valence-corrected chi connectivity index (χ2v) is 6.02. The number of halogens is 1. The van der Waals surface area contributed by atoms with Crippen molar-refractivity contribution >= 4 is 17.3 Å². The highest BCUT2D eigenvalue weighted by atomic mass is 35.5. The van der Waals surface area contributed by atoms with Crippen LogP contribution in [0.4, 0.5) is 5.69 Å². The van der Waals surface area contributed by atoms with Gasteiger partial charge in [0, 0.05) is 19.6 Å². The standard InChI is InChI=1S/C18H21ClN2/c1-20-12-14-8-9-18(17(19)11-14)21-10-4-7-15-5-2-3-6-16(15)13-21/h2-3,5-6,8-9,11,20H,4,7,10,12-13H2,1H3. The van der Waals surface area contributed by atoms with Crippen LogP contribution in [0.15, 0.2) is 42.5 Å². The molecule has 0 aliphatic carbocycles. The topological polar surface area (TPSA) is 15.3 Å². The van der Waals surface area contributed by atoms with Gasteiger partial charge in [-0.05, 0) is 48.7 Å². The van der Waals surface area contributed by atoms with Crippen molar-refractivity contribution in [3.63, 3.8) is 0 Å². The zero-order valence-corrected chi connectivity index (χ0v) is 13.2. The lowest BCUT2D eigenvalue weighted by Gasteiger charge is -2.24. The van der Waals surface area contributed by atoms with Gasteiger partial charge in [-0.1, -0.05) is 41.9 Å². The van der Waals surface area contributed by atoms with E-state index in [-0.39, 0.29) is 0 Å². The van der Waals surface area contributed by atoms with Crippen molar-refractivity contribution in [1.29, 1.82) is 0 Å². The van der Waals surface area contributed by atoms with Crippen LogP contribution in [0.2, 0.25) is 5.02 Å². The van der Waals surface area contributed by atoms with Crippen LogP contribution < -0.4 is 10.2 Å². The Kier molecular flexibility index (Phi) is 4.47. The maximum atomic E-state index is 6.51. The average molecular weight is 301 g/mol. The molecule has 0 atom stereocenters. The zero-order valence-electron chi connectivity index (χ0n) is 12.4. The van der Waals surface area contributed by atoms with E-state index in [1.165, 1.54) is 23.1 Å². The highest BCUT2D eigenvalue weighted by Crippen LogP contribution is 2.30. The number of benzene rings is 2. The van der Waals surface area contributed by atoms with E-state index in [2.05, 4.69) is 52.7 Å². The minimum absolute atomic E-state index is 0.849. The molecule has 0 bridgehead atoms. The lowest BCUT2D eigenvalue weighted by Crippen LogP contribution is -2.23. The minimum Gasteiger partial charge on any atom is -0.366 e. The van der Waals surface area contributed by atoms with Gasteiger partial charge in [-0.3, -0.25) is 0 Å². The van der Waals surface area contributed by atoms with Crippen LogP contribution in [-0.4, -0.2) is 13.6 Å². The second kappa shape index (κ2) is 6.50. The Morgan fingerprint density at radius 1 is 1.14 bits per heavy atom. The summed E-state index contributed by atoms with van der Waals surface area (Å²) in [6.45, 7) is 2.85. The Morgan fingerprint density at radius 2 is 1.95 bits per heavy atom. The molecule has 21 heavy (non-hydrogen) atoms. The molecule has 0 unspecified atom stereocenters. The van der Waals surface area contributed by atoms with Crippen LogP contribution in [0, 0.1) is 0 Å². The normalized spacial score (nSPS) is 14.7. The Labute approximate surface area is 131 Å². The predicted octanol–water partition coefficient (Wildman–Crippen LogP) is 4.01. The summed E-state index contributed by atoms with van der Waals surface area (Å²) in [5.74, 6) is 0. The number of nitrogens with zero attached hydrogens (tertiary/aromatic N) is 1. The molecule has 2 aromatic carbocycles. The van der Waals surface area contributed by atoms with Crippen molar-refractivity contribution in [2.45, 2.75) is 25.9 Å². The fraction of sp³-hybridized carbons (Fsp3) is 0.333.